The summed E-state index contributed by atoms with van der Waals surface area (Å²) >= 11 is 0. The van der Waals surface area contributed by atoms with Crippen LogP contribution in [0.1, 0.15) is 22.7 Å². The first-order valence-corrected chi connectivity index (χ1v) is 11.0. The Kier molecular flexibility index (Phi) is 4.95. The second kappa shape index (κ2) is 7.46. The number of hydrogen-bond acceptors (Lipinski definition) is 4. The van der Waals surface area contributed by atoms with Crippen molar-refractivity contribution < 1.29 is 18.3 Å². The summed E-state index contributed by atoms with van der Waals surface area (Å²) in [7, 11) is -4.12. The molecule has 5 nitrogen and oxygen atoms in total. The van der Waals surface area contributed by atoms with Gasteiger partial charge in [-0.2, -0.15) is 0 Å². The number of anilines is 1. The van der Waals surface area contributed by atoms with Crippen molar-refractivity contribution >= 4 is 21.4 Å². The SMILES string of the molecule is Cc1ccc(N2C(=O)C(O)=C(S(=O)(=O)c3ccc(C)cc3)[C@@H]2c2ccccc2)cc1. The van der Waals surface area contributed by atoms with Gasteiger partial charge in [-0.15, -0.1) is 0 Å². The molecule has 0 aliphatic carbocycles. The van der Waals surface area contributed by atoms with Gasteiger partial charge in [-0.3, -0.25) is 9.69 Å². The Morgan fingerprint density at radius 1 is 0.800 bits per heavy atom. The summed E-state index contributed by atoms with van der Waals surface area (Å²) in [4.78, 5) is 14.1. The Hall–Kier alpha value is -3.38. The number of amides is 1. The van der Waals surface area contributed by atoms with E-state index in [2.05, 4.69) is 0 Å². The van der Waals surface area contributed by atoms with E-state index < -0.39 is 27.5 Å². The number of carbonyl (C=O) groups is 1. The van der Waals surface area contributed by atoms with Gasteiger partial charge in [-0.05, 0) is 43.7 Å². The highest BCUT2D eigenvalue weighted by molar-refractivity contribution is 7.95. The summed E-state index contributed by atoms with van der Waals surface area (Å²) in [6, 6.07) is 21.5. The van der Waals surface area contributed by atoms with Crippen LogP contribution in [0.2, 0.25) is 0 Å². The smallest absolute Gasteiger partial charge is 0.295 e. The average molecular weight is 420 g/mol. The first-order chi connectivity index (χ1) is 14.3. The van der Waals surface area contributed by atoms with E-state index in [0.717, 1.165) is 11.1 Å². The Bertz CT molecular complexity index is 1230. The molecule has 152 valence electrons. The van der Waals surface area contributed by atoms with Crippen LogP contribution in [0.5, 0.6) is 0 Å². The van der Waals surface area contributed by atoms with Crippen LogP contribution in [0.3, 0.4) is 0 Å². The molecule has 1 aliphatic heterocycles. The van der Waals surface area contributed by atoms with E-state index in [1.165, 1.54) is 17.0 Å². The van der Waals surface area contributed by atoms with Crippen molar-refractivity contribution in [3.8, 4) is 0 Å². The molecule has 1 amide bonds. The Morgan fingerprint density at radius 3 is 1.90 bits per heavy atom. The molecule has 1 aliphatic rings. The van der Waals surface area contributed by atoms with Crippen LogP contribution in [-0.4, -0.2) is 19.4 Å². The van der Waals surface area contributed by atoms with Crippen LogP contribution in [-0.2, 0) is 14.6 Å². The minimum atomic E-state index is -4.12. The zero-order valence-electron chi connectivity index (χ0n) is 16.6. The van der Waals surface area contributed by atoms with Crippen molar-refractivity contribution in [1.29, 1.82) is 0 Å². The van der Waals surface area contributed by atoms with Crippen LogP contribution < -0.4 is 4.90 Å². The molecule has 3 aromatic carbocycles. The van der Waals surface area contributed by atoms with Gasteiger partial charge in [-0.1, -0.05) is 65.7 Å². The molecule has 1 N–H and O–H groups in total. The van der Waals surface area contributed by atoms with Gasteiger partial charge in [0.15, 0.2) is 5.76 Å². The summed E-state index contributed by atoms with van der Waals surface area (Å²) in [5, 5.41) is 10.7. The van der Waals surface area contributed by atoms with Crippen LogP contribution in [0.4, 0.5) is 5.69 Å². The zero-order chi connectivity index (χ0) is 21.5. The molecular formula is C24H21NO4S. The monoisotopic (exact) mass is 419 g/mol. The number of aliphatic hydroxyl groups is 1. The van der Waals surface area contributed by atoms with Crippen molar-refractivity contribution in [2.45, 2.75) is 24.8 Å². The van der Waals surface area contributed by atoms with E-state index in [-0.39, 0.29) is 9.80 Å². The van der Waals surface area contributed by atoms with E-state index in [0.29, 0.717) is 11.3 Å². The third kappa shape index (κ3) is 3.29. The maximum Gasteiger partial charge on any atom is 0.295 e. The number of aliphatic hydroxyl groups excluding tert-OH is 1. The topological polar surface area (TPSA) is 74.7 Å². The fourth-order valence-corrected chi connectivity index (χ4v) is 5.24. The van der Waals surface area contributed by atoms with Gasteiger partial charge in [0, 0.05) is 5.69 Å². The van der Waals surface area contributed by atoms with E-state index in [4.69, 9.17) is 0 Å². The van der Waals surface area contributed by atoms with Crippen LogP contribution in [0, 0.1) is 13.8 Å². The third-order valence-corrected chi connectivity index (χ3v) is 7.10. The lowest BCUT2D eigenvalue weighted by atomic mass is 10.1. The van der Waals surface area contributed by atoms with Crippen molar-refractivity contribution in [3.63, 3.8) is 0 Å². The Morgan fingerprint density at radius 2 is 1.33 bits per heavy atom. The summed E-state index contributed by atoms with van der Waals surface area (Å²) in [6.07, 6.45) is 0. The van der Waals surface area contributed by atoms with Crippen LogP contribution >= 0.6 is 0 Å². The summed E-state index contributed by atoms with van der Waals surface area (Å²) < 4.78 is 27.0. The molecule has 1 atom stereocenters. The Balaban J connectivity index is 1.92. The lowest BCUT2D eigenvalue weighted by Crippen LogP contribution is -2.31. The van der Waals surface area contributed by atoms with E-state index >= 15 is 0 Å². The van der Waals surface area contributed by atoms with Gasteiger partial charge in [0.05, 0.1) is 4.90 Å². The second-order valence-corrected chi connectivity index (χ2v) is 9.27. The zero-order valence-corrected chi connectivity index (χ0v) is 17.4. The van der Waals surface area contributed by atoms with Gasteiger partial charge in [0.2, 0.25) is 9.84 Å². The molecule has 0 saturated heterocycles. The van der Waals surface area contributed by atoms with Gasteiger partial charge in [-0.25, -0.2) is 8.42 Å². The number of rotatable bonds is 4. The minimum Gasteiger partial charge on any atom is -0.502 e. The third-order valence-electron chi connectivity index (χ3n) is 5.21. The standard InChI is InChI=1S/C24H21NO4S/c1-16-8-12-19(13-9-16)25-21(18-6-4-3-5-7-18)23(22(26)24(25)27)30(28,29)20-14-10-17(2)11-15-20/h3-15,21,26H,1-2H3/t21-/m0/s1. The van der Waals surface area contributed by atoms with Crippen molar-refractivity contribution in [2.24, 2.45) is 0 Å². The fraction of sp³-hybridized carbons (Fsp3) is 0.125. The van der Waals surface area contributed by atoms with Crippen molar-refractivity contribution in [1.82, 2.24) is 0 Å². The number of benzene rings is 3. The first-order valence-electron chi connectivity index (χ1n) is 9.51. The molecule has 0 spiro atoms. The molecule has 3 aromatic rings. The van der Waals surface area contributed by atoms with E-state index in [1.807, 2.05) is 32.0 Å². The summed E-state index contributed by atoms with van der Waals surface area (Å²) in [6.45, 7) is 3.78. The highest BCUT2D eigenvalue weighted by Gasteiger charge is 2.47. The van der Waals surface area contributed by atoms with Gasteiger partial charge in [0.1, 0.15) is 10.9 Å². The number of sulfone groups is 1. The van der Waals surface area contributed by atoms with E-state index in [9.17, 15) is 18.3 Å². The molecule has 4 rings (SSSR count). The lowest BCUT2D eigenvalue weighted by molar-refractivity contribution is -0.117. The van der Waals surface area contributed by atoms with Crippen LogP contribution in [0.25, 0.3) is 0 Å². The second-order valence-electron chi connectivity index (χ2n) is 7.35. The summed E-state index contributed by atoms with van der Waals surface area (Å²) in [5.41, 5.74) is 3.03. The molecule has 6 heteroatoms. The number of hydrogen-bond donors (Lipinski definition) is 1. The minimum absolute atomic E-state index is 0.0362. The number of carbonyl (C=O) groups excluding carboxylic acids is 1. The fourth-order valence-electron chi connectivity index (χ4n) is 3.61. The maximum absolute atomic E-state index is 13.5. The molecular weight excluding hydrogens is 398 g/mol. The molecule has 0 saturated carbocycles. The molecule has 0 radical (unpaired) electrons. The van der Waals surface area contributed by atoms with Gasteiger partial charge < -0.3 is 5.11 Å². The van der Waals surface area contributed by atoms with Crippen molar-refractivity contribution in [3.05, 3.63) is 106 Å². The normalized spacial score (nSPS) is 16.9. The van der Waals surface area contributed by atoms with Crippen molar-refractivity contribution in [2.75, 3.05) is 4.90 Å². The van der Waals surface area contributed by atoms with Crippen LogP contribution in [0.15, 0.2) is 94.4 Å². The molecule has 0 aromatic heterocycles. The maximum atomic E-state index is 13.5. The average Bonchev–Trinajstić information content (AvgIpc) is 3.01. The highest BCUT2D eigenvalue weighted by atomic mass is 32.2. The quantitative estimate of drug-likeness (QED) is 0.669. The Labute approximate surface area is 175 Å². The first kappa shape index (κ1) is 19.9. The van der Waals surface area contributed by atoms with Gasteiger partial charge in [0.25, 0.3) is 5.91 Å². The van der Waals surface area contributed by atoms with Gasteiger partial charge >= 0.3 is 0 Å². The number of nitrogens with zero attached hydrogens (tertiary/aromatic N) is 1. The largest absolute Gasteiger partial charge is 0.502 e. The molecule has 30 heavy (non-hydrogen) atoms. The predicted octanol–water partition coefficient (Wildman–Crippen LogP) is 4.63. The molecule has 0 bridgehead atoms. The molecule has 1 heterocycles. The highest BCUT2D eigenvalue weighted by Crippen LogP contribution is 2.44. The molecule has 0 fully saturated rings. The predicted molar refractivity (Wildman–Crippen MR) is 116 cm³/mol. The number of aryl methyl sites for hydroxylation is 2. The van der Waals surface area contributed by atoms with E-state index in [1.54, 1.807) is 48.5 Å². The lowest BCUT2D eigenvalue weighted by Gasteiger charge is -2.27. The summed E-state index contributed by atoms with van der Waals surface area (Å²) in [5.74, 6) is -1.48. The molecule has 0 unspecified atom stereocenters.